The van der Waals surface area contributed by atoms with Gasteiger partial charge >= 0.3 is 0 Å². The summed E-state index contributed by atoms with van der Waals surface area (Å²) < 4.78 is 0. The van der Waals surface area contributed by atoms with E-state index in [4.69, 9.17) is 4.98 Å². The molecule has 0 fully saturated rings. The molecule has 1 unspecified atom stereocenters. The molecule has 3 rings (SSSR count). The molecule has 1 aromatic carbocycles. The zero-order valence-corrected chi connectivity index (χ0v) is 17.9. The summed E-state index contributed by atoms with van der Waals surface area (Å²) >= 11 is 0. The van der Waals surface area contributed by atoms with Crippen LogP contribution in [-0.2, 0) is 24.7 Å². The van der Waals surface area contributed by atoms with Crippen molar-refractivity contribution in [3.8, 4) is 17.2 Å². The Labute approximate surface area is 171 Å². The molecule has 0 saturated heterocycles. The lowest BCUT2D eigenvalue weighted by Crippen LogP contribution is -2.19. The first-order valence-corrected chi connectivity index (χ1v) is 11.2. The average molecular weight is 375 g/mol. The van der Waals surface area contributed by atoms with Crippen molar-refractivity contribution in [2.75, 3.05) is 0 Å². The van der Waals surface area contributed by atoms with Crippen molar-refractivity contribution in [3.63, 3.8) is 0 Å². The van der Waals surface area contributed by atoms with E-state index in [0.717, 1.165) is 31.4 Å². The van der Waals surface area contributed by atoms with Gasteiger partial charge in [0, 0.05) is 5.69 Å². The second kappa shape index (κ2) is 9.37. The second-order valence-corrected chi connectivity index (χ2v) is 8.46. The van der Waals surface area contributed by atoms with Crippen LogP contribution < -0.4 is 0 Å². The fourth-order valence-electron chi connectivity index (χ4n) is 4.54. The number of rotatable bonds is 9. The summed E-state index contributed by atoms with van der Waals surface area (Å²) in [6, 6.07) is 13.4. The summed E-state index contributed by atoms with van der Waals surface area (Å²) in [4.78, 5) is 5.19. The third-order valence-electron chi connectivity index (χ3n) is 6.24. The Morgan fingerprint density at radius 3 is 2.32 bits per heavy atom. The van der Waals surface area contributed by atoms with E-state index in [0.29, 0.717) is 0 Å². The van der Waals surface area contributed by atoms with Gasteiger partial charge in [0.2, 0.25) is 0 Å². The zero-order chi connectivity index (χ0) is 20.0. The van der Waals surface area contributed by atoms with Crippen molar-refractivity contribution in [1.29, 1.82) is 5.26 Å². The highest BCUT2D eigenvalue weighted by Crippen LogP contribution is 2.44. The van der Waals surface area contributed by atoms with E-state index in [-0.39, 0.29) is 0 Å². The fraction of sp³-hybridized carbons (Fsp3) is 0.538. The third kappa shape index (κ3) is 4.14. The Morgan fingerprint density at radius 1 is 1.00 bits per heavy atom. The van der Waals surface area contributed by atoms with Crippen LogP contribution in [0.5, 0.6) is 0 Å². The molecular formula is C26H34N2. The second-order valence-electron chi connectivity index (χ2n) is 8.46. The Hall–Kier alpha value is -2.14. The van der Waals surface area contributed by atoms with Gasteiger partial charge in [0.05, 0.1) is 17.2 Å². The van der Waals surface area contributed by atoms with Crippen LogP contribution in [0.1, 0.15) is 88.2 Å². The van der Waals surface area contributed by atoms with Gasteiger partial charge in [0.25, 0.3) is 0 Å². The molecule has 0 radical (unpaired) electrons. The smallest absolute Gasteiger partial charge is 0.0971 e. The lowest BCUT2D eigenvalue weighted by molar-refractivity contribution is 0.584. The molecule has 0 N–H and O–H groups in total. The van der Waals surface area contributed by atoms with Gasteiger partial charge in [-0.1, -0.05) is 69.9 Å². The van der Waals surface area contributed by atoms with Crippen LogP contribution in [-0.4, -0.2) is 4.98 Å². The number of fused-ring (bicyclic) bond motifs is 1. The van der Waals surface area contributed by atoms with Gasteiger partial charge in [0.1, 0.15) is 0 Å². The molecule has 2 aromatic rings. The summed E-state index contributed by atoms with van der Waals surface area (Å²) in [6.07, 6.45) is 11.3. The molecule has 1 aliphatic rings. The maximum Gasteiger partial charge on any atom is 0.0971 e. The normalized spacial score (nSPS) is 18.1. The molecule has 0 bridgehead atoms. The van der Waals surface area contributed by atoms with E-state index < -0.39 is 5.41 Å². The first-order valence-electron chi connectivity index (χ1n) is 11.2. The SMILES string of the molecule is CCCCCc1nc2c(c(-c3ccccc3)c1CCCCC)CCC2(C)C#N. The number of aryl methyl sites for hydroxylation is 1. The molecule has 28 heavy (non-hydrogen) atoms. The Balaban J connectivity index is 2.17. The van der Waals surface area contributed by atoms with Crippen LogP contribution in [0, 0.1) is 11.3 Å². The molecule has 0 aliphatic heterocycles. The molecular weight excluding hydrogens is 340 g/mol. The van der Waals surface area contributed by atoms with Crippen LogP contribution in [0.3, 0.4) is 0 Å². The Bertz CT molecular complexity index is 832. The number of unbranched alkanes of at least 4 members (excludes halogenated alkanes) is 4. The minimum Gasteiger partial charge on any atom is -0.256 e. The molecule has 0 spiro atoms. The molecule has 2 heteroatoms. The minimum absolute atomic E-state index is 0.444. The molecule has 0 amide bonds. The van der Waals surface area contributed by atoms with Gasteiger partial charge in [0.15, 0.2) is 0 Å². The average Bonchev–Trinajstić information content (AvgIpc) is 3.06. The number of nitriles is 1. The van der Waals surface area contributed by atoms with Crippen LogP contribution in [0.4, 0.5) is 0 Å². The highest BCUT2D eigenvalue weighted by Gasteiger charge is 2.39. The topological polar surface area (TPSA) is 36.7 Å². The molecule has 1 heterocycles. The molecule has 1 aromatic heterocycles. The highest BCUT2D eigenvalue weighted by atomic mass is 14.8. The standard InChI is InChI=1S/C26H34N2/c1-4-6-9-15-21-23(16-10-7-5-2)28-25-22(17-18-26(25,3)19-27)24(21)20-13-11-8-12-14-20/h8,11-14H,4-7,9-10,15-18H2,1-3H3. The number of hydrogen-bond donors (Lipinski definition) is 0. The largest absolute Gasteiger partial charge is 0.256 e. The van der Waals surface area contributed by atoms with Crippen molar-refractivity contribution in [2.24, 2.45) is 0 Å². The van der Waals surface area contributed by atoms with Crippen molar-refractivity contribution >= 4 is 0 Å². The van der Waals surface area contributed by atoms with Gasteiger partial charge in [-0.25, -0.2) is 0 Å². The summed E-state index contributed by atoms with van der Waals surface area (Å²) in [5, 5.41) is 9.89. The van der Waals surface area contributed by atoms with Gasteiger partial charge in [-0.05, 0) is 67.7 Å². The maximum atomic E-state index is 9.89. The molecule has 1 aliphatic carbocycles. The van der Waals surface area contributed by atoms with Crippen molar-refractivity contribution in [3.05, 3.63) is 52.8 Å². The van der Waals surface area contributed by atoms with E-state index in [1.54, 1.807) is 0 Å². The highest BCUT2D eigenvalue weighted by molar-refractivity contribution is 5.74. The Morgan fingerprint density at radius 2 is 1.68 bits per heavy atom. The van der Waals surface area contributed by atoms with Crippen LogP contribution >= 0.6 is 0 Å². The van der Waals surface area contributed by atoms with Crippen molar-refractivity contribution < 1.29 is 0 Å². The summed E-state index contributed by atoms with van der Waals surface area (Å²) in [6.45, 7) is 6.59. The van der Waals surface area contributed by atoms with Gasteiger partial charge in [-0.3, -0.25) is 4.98 Å². The quantitative estimate of drug-likeness (QED) is 0.446. The molecule has 2 nitrogen and oxygen atoms in total. The van der Waals surface area contributed by atoms with E-state index >= 15 is 0 Å². The predicted molar refractivity (Wildman–Crippen MR) is 117 cm³/mol. The first kappa shape index (κ1) is 20.6. The van der Waals surface area contributed by atoms with E-state index in [1.165, 1.54) is 66.5 Å². The van der Waals surface area contributed by atoms with Crippen LogP contribution in [0.15, 0.2) is 30.3 Å². The maximum absolute atomic E-state index is 9.89. The number of aromatic nitrogens is 1. The fourth-order valence-corrected chi connectivity index (χ4v) is 4.54. The van der Waals surface area contributed by atoms with E-state index in [9.17, 15) is 5.26 Å². The number of pyridine rings is 1. The lowest BCUT2D eigenvalue weighted by atomic mass is 9.85. The number of nitrogens with zero attached hydrogens (tertiary/aromatic N) is 2. The van der Waals surface area contributed by atoms with Crippen molar-refractivity contribution in [1.82, 2.24) is 4.98 Å². The van der Waals surface area contributed by atoms with Gasteiger partial charge in [-0.15, -0.1) is 0 Å². The lowest BCUT2D eigenvalue weighted by Gasteiger charge is -2.22. The molecule has 0 saturated carbocycles. The monoisotopic (exact) mass is 374 g/mol. The molecule has 1 atom stereocenters. The van der Waals surface area contributed by atoms with Crippen LogP contribution in [0.25, 0.3) is 11.1 Å². The van der Waals surface area contributed by atoms with Crippen LogP contribution in [0.2, 0.25) is 0 Å². The van der Waals surface area contributed by atoms with Gasteiger partial charge < -0.3 is 0 Å². The first-order chi connectivity index (χ1) is 13.6. The van der Waals surface area contributed by atoms with E-state index in [2.05, 4.69) is 57.2 Å². The zero-order valence-electron chi connectivity index (χ0n) is 17.9. The Kier molecular flexibility index (Phi) is 6.89. The number of hydrogen-bond acceptors (Lipinski definition) is 2. The van der Waals surface area contributed by atoms with E-state index in [1.807, 2.05) is 0 Å². The minimum atomic E-state index is -0.444. The number of benzene rings is 1. The van der Waals surface area contributed by atoms with Gasteiger partial charge in [-0.2, -0.15) is 5.26 Å². The predicted octanol–water partition coefficient (Wildman–Crippen LogP) is 6.94. The summed E-state index contributed by atoms with van der Waals surface area (Å²) in [5.74, 6) is 0. The summed E-state index contributed by atoms with van der Waals surface area (Å²) in [5.41, 5.74) is 7.35. The third-order valence-corrected chi connectivity index (χ3v) is 6.24. The van der Waals surface area contributed by atoms with Crippen molar-refractivity contribution in [2.45, 2.75) is 90.4 Å². The summed E-state index contributed by atoms with van der Waals surface area (Å²) in [7, 11) is 0. The molecule has 148 valence electrons.